The third-order valence-corrected chi connectivity index (χ3v) is 5.52. The van der Waals surface area contributed by atoms with Gasteiger partial charge in [-0.05, 0) is 6.07 Å². The number of phenolic OH excluding ortho intramolecular Hbond substituents is 2. The summed E-state index contributed by atoms with van der Waals surface area (Å²) < 4.78 is 16.5. The van der Waals surface area contributed by atoms with Crippen LogP contribution in [-0.4, -0.2) is 30.4 Å². The van der Waals surface area contributed by atoms with Crippen molar-refractivity contribution in [2.45, 2.75) is 12.3 Å². The first kappa shape index (κ1) is 22.0. The quantitative estimate of drug-likeness (QED) is 0.418. The summed E-state index contributed by atoms with van der Waals surface area (Å²) in [5.41, 5.74) is 0.907. The van der Waals surface area contributed by atoms with Crippen LogP contribution in [0.4, 0.5) is 0 Å². The average Bonchev–Trinajstić information content (AvgIpc) is 2.83. The van der Waals surface area contributed by atoms with Gasteiger partial charge >= 0.3 is 5.97 Å². The van der Waals surface area contributed by atoms with Crippen LogP contribution >= 0.6 is 0 Å². The second-order valence-corrected chi connectivity index (χ2v) is 7.45. The Balaban J connectivity index is 2.07. The number of hydrogen-bond donors (Lipinski definition) is 2. The molecule has 0 aliphatic carbocycles. The number of hydrogen-bond acceptors (Lipinski definition) is 7. The molecule has 1 heterocycles. The van der Waals surface area contributed by atoms with Crippen LogP contribution in [-0.2, 0) is 9.53 Å². The van der Waals surface area contributed by atoms with Gasteiger partial charge in [-0.25, -0.2) is 0 Å². The zero-order valence-electron chi connectivity index (χ0n) is 18.1. The SMILES string of the molecule is COC(=O)C[C@H](c1ccccc1OC)c1c(O)cc(O)c2c(=O)cc(-c3ccccc3)oc12. The smallest absolute Gasteiger partial charge is 0.306 e. The summed E-state index contributed by atoms with van der Waals surface area (Å²) in [5, 5.41) is 21.3. The molecule has 4 aromatic rings. The number of rotatable bonds is 6. The molecule has 7 nitrogen and oxygen atoms in total. The lowest BCUT2D eigenvalue weighted by Gasteiger charge is -2.22. The summed E-state index contributed by atoms with van der Waals surface area (Å²) in [6, 6.07) is 18.4. The first-order valence-electron chi connectivity index (χ1n) is 10.2. The normalized spacial score (nSPS) is 11.8. The Bertz CT molecular complexity index is 1370. The Labute approximate surface area is 189 Å². The Morgan fingerprint density at radius 3 is 2.36 bits per heavy atom. The van der Waals surface area contributed by atoms with Gasteiger partial charge in [0.15, 0.2) is 5.43 Å². The largest absolute Gasteiger partial charge is 0.507 e. The van der Waals surface area contributed by atoms with Crippen LogP contribution in [0.25, 0.3) is 22.3 Å². The summed E-state index contributed by atoms with van der Waals surface area (Å²) in [4.78, 5) is 25.4. The van der Waals surface area contributed by atoms with Crippen LogP contribution in [0.5, 0.6) is 17.2 Å². The fourth-order valence-electron chi connectivity index (χ4n) is 3.97. The van der Waals surface area contributed by atoms with E-state index in [1.807, 2.05) is 6.07 Å². The molecular formula is C26H22O7. The van der Waals surface area contributed by atoms with Crippen molar-refractivity contribution in [1.82, 2.24) is 0 Å². The number of carbonyl (C=O) groups excluding carboxylic acids is 1. The molecule has 2 N–H and O–H groups in total. The molecule has 4 rings (SSSR count). The molecule has 0 radical (unpaired) electrons. The van der Waals surface area contributed by atoms with Gasteiger partial charge in [-0.1, -0.05) is 48.5 Å². The lowest BCUT2D eigenvalue weighted by atomic mass is 9.86. The maximum absolute atomic E-state index is 13.0. The van der Waals surface area contributed by atoms with Gasteiger partial charge in [0, 0.05) is 34.7 Å². The van der Waals surface area contributed by atoms with Crippen molar-refractivity contribution in [2.75, 3.05) is 14.2 Å². The zero-order chi connectivity index (χ0) is 23.5. The second kappa shape index (κ2) is 9.08. The third-order valence-electron chi connectivity index (χ3n) is 5.52. The predicted octanol–water partition coefficient (Wildman–Crippen LogP) is 4.57. The van der Waals surface area contributed by atoms with Gasteiger partial charge in [-0.2, -0.15) is 0 Å². The molecule has 0 aliphatic rings. The highest BCUT2D eigenvalue weighted by atomic mass is 16.5. The Kier molecular flexibility index (Phi) is 6.04. The van der Waals surface area contributed by atoms with Gasteiger partial charge in [0.05, 0.1) is 20.6 Å². The van der Waals surface area contributed by atoms with Gasteiger partial charge < -0.3 is 24.1 Å². The summed E-state index contributed by atoms with van der Waals surface area (Å²) in [5.74, 6) is -1.33. The fourth-order valence-corrected chi connectivity index (χ4v) is 3.97. The number of carbonyl (C=O) groups is 1. The molecule has 0 saturated carbocycles. The summed E-state index contributed by atoms with van der Waals surface area (Å²) in [6.07, 6.45) is -0.163. The van der Waals surface area contributed by atoms with Gasteiger partial charge in [0.2, 0.25) is 0 Å². The van der Waals surface area contributed by atoms with Crippen LogP contribution in [0.15, 0.2) is 75.9 Å². The number of ether oxygens (including phenoxy) is 2. The molecule has 7 heteroatoms. The van der Waals surface area contributed by atoms with E-state index < -0.39 is 23.1 Å². The monoisotopic (exact) mass is 446 g/mol. The fraction of sp³-hybridized carbons (Fsp3) is 0.154. The van der Waals surface area contributed by atoms with Crippen molar-refractivity contribution in [1.29, 1.82) is 0 Å². The maximum Gasteiger partial charge on any atom is 0.306 e. The number of para-hydroxylation sites is 1. The molecule has 168 valence electrons. The minimum absolute atomic E-state index is 0.0151. The van der Waals surface area contributed by atoms with Crippen LogP contribution in [0.3, 0.4) is 0 Å². The molecule has 1 aromatic heterocycles. The first-order valence-corrected chi connectivity index (χ1v) is 10.2. The van der Waals surface area contributed by atoms with E-state index in [0.29, 0.717) is 16.9 Å². The summed E-state index contributed by atoms with van der Waals surface area (Å²) in [7, 11) is 2.76. The number of aromatic hydroxyl groups is 2. The highest BCUT2D eigenvalue weighted by Crippen LogP contribution is 2.44. The van der Waals surface area contributed by atoms with E-state index in [2.05, 4.69) is 0 Å². The Morgan fingerprint density at radius 2 is 1.67 bits per heavy atom. The van der Waals surface area contributed by atoms with E-state index in [-0.39, 0.29) is 34.5 Å². The maximum atomic E-state index is 13.0. The summed E-state index contributed by atoms with van der Waals surface area (Å²) in [6.45, 7) is 0. The predicted molar refractivity (Wildman–Crippen MR) is 123 cm³/mol. The van der Waals surface area contributed by atoms with E-state index >= 15 is 0 Å². The molecule has 0 saturated heterocycles. The van der Waals surface area contributed by atoms with Crippen LogP contribution < -0.4 is 10.2 Å². The zero-order valence-corrected chi connectivity index (χ0v) is 18.1. The minimum Gasteiger partial charge on any atom is -0.507 e. The van der Waals surface area contributed by atoms with Crippen molar-refractivity contribution in [3.63, 3.8) is 0 Å². The van der Waals surface area contributed by atoms with Gasteiger partial charge in [0.25, 0.3) is 0 Å². The van der Waals surface area contributed by atoms with Gasteiger partial charge in [-0.15, -0.1) is 0 Å². The van der Waals surface area contributed by atoms with Crippen molar-refractivity contribution in [3.8, 4) is 28.6 Å². The van der Waals surface area contributed by atoms with Crippen molar-refractivity contribution >= 4 is 16.9 Å². The minimum atomic E-state index is -0.786. The van der Waals surface area contributed by atoms with Crippen LogP contribution in [0.1, 0.15) is 23.5 Å². The van der Waals surface area contributed by atoms with Crippen LogP contribution in [0, 0.1) is 0 Å². The third kappa shape index (κ3) is 4.13. The Morgan fingerprint density at radius 1 is 0.970 bits per heavy atom. The van der Waals surface area contributed by atoms with Crippen molar-refractivity contribution in [2.24, 2.45) is 0 Å². The second-order valence-electron chi connectivity index (χ2n) is 7.45. The van der Waals surface area contributed by atoms with E-state index in [9.17, 15) is 19.8 Å². The molecular weight excluding hydrogens is 424 g/mol. The van der Waals surface area contributed by atoms with Gasteiger partial charge in [-0.3, -0.25) is 9.59 Å². The highest BCUT2D eigenvalue weighted by Gasteiger charge is 2.30. The summed E-state index contributed by atoms with van der Waals surface area (Å²) >= 11 is 0. The molecule has 0 fully saturated rings. The number of methoxy groups -OCH3 is 2. The Hall–Kier alpha value is -4.26. The van der Waals surface area contributed by atoms with Gasteiger partial charge in [0.1, 0.15) is 34.0 Å². The molecule has 33 heavy (non-hydrogen) atoms. The molecule has 3 aromatic carbocycles. The number of esters is 1. The average molecular weight is 446 g/mol. The standard InChI is InChI=1S/C26H22O7/c1-31-21-11-7-6-10-16(21)17(12-23(30)32-2)24-18(27)13-19(28)25-20(29)14-22(33-26(24)25)15-8-4-3-5-9-15/h3-11,13-14,17,27-28H,12H2,1-2H3/t17-/m1/s1. The number of fused-ring (bicyclic) bond motifs is 1. The molecule has 0 amide bonds. The molecule has 0 unspecified atom stereocenters. The van der Waals surface area contributed by atoms with E-state index in [1.165, 1.54) is 20.3 Å². The molecule has 0 aliphatic heterocycles. The lowest BCUT2D eigenvalue weighted by molar-refractivity contribution is -0.140. The lowest BCUT2D eigenvalue weighted by Crippen LogP contribution is -2.13. The number of phenols is 2. The molecule has 1 atom stereocenters. The first-order chi connectivity index (χ1) is 15.9. The highest BCUT2D eigenvalue weighted by molar-refractivity contribution is 5.90. The van der Waals surface area contributed by atoms with Crippen LogP contribution in [0.2, 0.25) is 0 Å². The molecule has 0 spiro atoms. The van der Waals surface area contributed by atoms with E-state index in [1.54, 1.807) is 48.5 Å². The topological polar surface area (TPSA) is 106 Å². The number of benzene rings is 3. The molecule has 0 bridgehead atoms. The van der Waals surface area contributed by atoms with E-state index in [0.717, 1.165) is 6.07 Å². The van der Waals surface area contributed by atoms with E-state index in [4.69, 9.17) is 13.9 Å². The van der Waals surface area contributed by atoms with Crippen molar-refractivity contribution in [3.05, 3.63) is 88.1 Å². The van der Waals surface area contributed by atoms with Crippen molar-refractivity contribution < 1.29 is 28.9 Å².